The van der Waals surface area contributed by atoms with Gasteiger partial charge in [0.1, 0.15) is 5.75 Å². The molecule has 0 aliphatic carbocycles. The zero-order chi connectivity index (χ0) is 12.7. The van der Waals surface area contributed by atoms with Gasteiger partial charge in [0.2, 0.25) is 0 Å². The molecule has 1 amide bonds. The van der Waals surface area contributed by atoms with Crippen LogP contribution in [-0.4, -0.2) is 32.1 Å². The molecule has 0 aliphatic rings. The van der Waals surface area contributed by atoms with Crippen LogP contribution in [0.15, 0.2) is 24.3 Å². The Balaban J connectivity index is 0.00000289. The van der Waals surface area contributed by atoms with Crippen molar-refractivity contribution in [1.82, 2.24) is 10.6 Å². The van der Waals surface area contributed by atoms with Crippen LogP contribution in [0, 0.1) is 0 Å². The highest BCUT2D eigenvalue weighted by Crippen LogP contribution is 2.10. The van der Waals surface area contributed by atoms with Gasteiger partial charge in [0.05, 0.1) is 7.11 Å². The van der Waals surface area contributed by atoms with Crippen molar-refractivity contribution in [3.8, 4) is 5.75 Å². The summed E-state index contributed by atoms with van der Waals surface area (Å²) in [6.45, 7) is 5.61. The van der Waals surface area contributed by atoms with Crippen molar-refractivity contribution >= 4 is 18.3 Å². The monoisotopic (exact) mass is 272 g/mol. The zero-order valence-electron chi connectivity index (χ0n) is 11.0. The third-order valence-corrected chi connectivity index (χ3v) is 2.47. The van der Waals surface area contributed by atoms with E-state index >= 15 is 0 Å². The Hall–Kier alpha value is -1.26. The van der Waals surface area contributed by atoms with E-state index in [1.54, 1.807) is 31.4 Å². The van der Waals surface area contributed by atoms with Gasteiger partial charge in [-0.15, -0.1) is 12.4 Å². The number of methoxy groups -OCH3 is 1. The van der Waals surface area contributed by atoms with E-state index in [1.807, 2.05) is 13.8 Å². The Morgan fingerprint density at radius 3 is 2.44 bits per heavy atom. The second-order valence-electron chi connectivity index (χ2n) is 3.90. The van der Waals surface area contributed by atoms with Gasteiger partial charge in [0.25, 0.3) is 5.91 Å². The highest BCUT2D eigenvalue weighted by Gasteiger charge is 2.06. The summed E-state index contributed by atoms with van der Waals surface area (Å²) in [6.07, 6.45) is 0. The molecule has 0 heterocycles. The predicted molar refractivity (Wildman–Crippen MR) is 75.7 cm³/mol. The van der Waals surface area contributed by atoms with Crippen molar-refractivity contribution in [3.63, 3.8) is 0 Å². The molecule has 0 aliphatic heterocycles. The summed E-state index contributed by atoms with van der Waals surface area (Å²) < 4.78 is 5.04. The molecule has 0 saturated heterocycles. The standard InChI is InChI=1S/C13H20N2O2.ClH/c1-4-14-10(2)9-15-13(16)11-5-7-12(17-3)8-6-11;/h5-8,10,14H,4,9H2,1-3H3,(H,15,16);1H/t10-;/m1./s1. The highest BCUT2D eigenvalue weighted by molar-refractivity contribution is 5.94. The lowest BCUT2D eigenvalue weighted by atomic mass is 10.2. The normalized spacial score (nSPS) is 11.3. The molecule has 0 saturated carbocycles. The molecule has 5 heteroatoms. The molecule has 2 N–H and O–H groups in total. The number of carbonyl (C=O) groups is 1. The molecule has 0 radical (unpaired) electrons. The largest absolute Gasteiger partial charge is 0.497 e. The molecule has 0 fully saturated rings. The van der Waals surface area contributed by atoms with Crippen molar-refractivity contribution < 1.29 is 9.53 Å². The van der Waals surface area contributed by atoms with Gasteiger partial charge in [-0.25, -0.2) is 0 Å². The summed E-state index contributed by atoms with van der Waals surface area (Å²) >= 11 is 0. The second kappa shape index (κ2) is 8.78. The van der Waals surface area contributed by atoms with Gasteiger partial charge in [-0.1, -0.05) is 6.92 Å². The number of ether oxygens (including phenoxy) is 1. The van der Waals surface area contributed by atoms with Crippen LogP contribution in [0.5, 0.6) is 5.75 Å². The molecule has 4 nitrogen and oxygen atoms in total. The van der Waals surface area contributed by atoms with E-state index in [4.69, 9.17) is 4.74 Å². The van der Waals surface area contributed by atoms with Gasteiger partial charge in [0.15, 0.2) is 0 Å². The summed E-state index contributed by atoms with van der Waals surface area (Å²) in [6, 6.07) is 7.35. The first kappa shape index (κ1) is 16.7. The maximum Gasteiger partial charge on any atom is 0.251 e. The fraction of sp³-hybridized carbons (Fsp3) is 0.462. The van der Waals surface area contributed by atoms with E-state index in [9.17, 15) is 4.79 Å². The summed E-state index contributed by atoms with van der Waals surface area (Å²) in [5, 5.41) is 6.11. The summed E-state index contributed by atoms with van der Waals surface area (Å²) in [5.41, 5.74) is 0.648. The van der Waals surface area contributed by atoms with Crippen LogP contribution in [-0.2, 0) is 0 Å². The van der Waals surface area contributed by atoms with Crippen molar-refractivity contribution in [2.24, 2.45) is 0 Å². The Morgan fingerprint density at radius 1 is 1.33 bits per heavy atom. The van der Waals surface area contributed by atoms with Gasteiger partial charge in [-0.05, 0) is 37.7 Å². The molecule has 0 spiro atoms. The lowest BCUT2D eigenvalue weighted by Gasteiger charge is -2.13. The van der Waals surface area contributed by atoms with Crippen LogP contribution in [0.3, 0.4) is 0 Å². The number of nitrogens with one attached hydrogen (secondary N) is 2. The topological polar surface area (TPSA) is 50.4 Å². The zero-order valence-corrected chi connectivity index (χ0v) is 11.8. The number of amides is 1. The molecule has 1 aromatic rings. The number of benzene rings is 1. The Bertz CT molecular complexity index is 355. The number of likely N-dealkylation sites (N-methyl/N-ethyl adjacent to an activating group) is 1. The fourth-order valence-corrected chi connectivity index (χ4v) is 1.51. The number of hydrogen-bond acceptors (Lipinski definition) is 3. The SMILES string of the molecule is CCN[C@H](C)CNC(=O)c1ccc(OC)cc1.Cl. The van der Waals surface area contributed by atoms with Crippen LogP contribution in [0.4, 0.5) is 0 Å². The van der Waals surface area contributed by atoms with Crippen molar-refractivity contribution in [1.29, 1.82) is 0 Å². The van der Waals surface area contributed by atoms with Crippen LogP contribution >= 0.6 is 12.4 Å². The minimum atomic E-state index is -0.0580. The van der Waals surface area contributed by atoms with E-state index < -0.39 is 0 Å². The molecule has 1 atom stereocenters. The Kier molecular flexibility index (Phi) is 8.16. The molecular weight excluding hydrogens is 252 g/mol. The number of carbonyl (C=O) groups excluding carboxylic acids is 1. The molecule has 0 aromatic heterocycles. The van der Waals surface area contributed by atoms with Gasteiger partial charge in [-0.2, -0.15) is 0 Å². The average molecular weight is 273 g/mol. The fourth-order valence-electron chi connectivity index (χ4n) is 1.51. The predicted octanol–water partition coefficient (Wildman–Crippen LogP) is 1.84. The Morgan fingerprint density at radius 2 is 1.94 bits per heavy atom. The molecule has 0 unspecified atom stereocenters. The van der Waals surface area contributed by atoms with Gasteiger partial charge >= 0.3 is 0 Å². The third kappa shape index (κ3) is 5.38. The van der Waals surface area contributed by atoms with Crippen LogP contribution in [0.2, 0.25) is 0 Å². The third-order valence-electron chi connectivity index (χ3n) is 2.47. The molecular formula is C13H21ClN2O2. The van der Waals surface area contributed by atoms with Crippen LogP contribution in [0.1, 0.15) is 24.2 Å². The van der Waals surface area contributed by atoms with Crippen molar-refractivity contribution in [2.75, 3.05) is 20.2 Å². The molecule has 0 bridgehead atoms. The van der Waals surface area contributed by atoms with Gasteiger partial charge in [0, 0.05) is 18.2 Å². The molecule has 1 rings (SSSR count). The first-order valence-electron chi connectivity index (χ1n) is 5.83. The molecule has 102 valence electrons. The van der Waals surface area contributed by atoms with Crippen molar-refractivity contribution in [3.05, 3.63) is 29.8 Å². The lowest BCUT2D eigenvalue weighted by Crippen LogP contribution is -2.38. The second-order valence-corrected chi connectivity index (χ2v) is 3.90. The Labute approximate surface area is 115 Å². The molecule has 18 heavy (non-hydrogen) atoms. The van der Waals surface area contributed by atoms with Crippen LogP contribution < -0.4 is 15.4 Å². The molecule has 1 aromatic carbocycles. The van der Waals surface area contributed by atoms with Crippen LogP contribution in [0.25, 0.3) is 0 Å². The quantitative estimate of drug-likeness (QED) is 0.831. The first-order valence-corrected chi connectivity index (χ1v) is 5.83. The van der Waals surface area contributed by atoms with E-state index in [2.05, 4.69) is 10.6 Å². The van der Waals surface area contributed by atoms with Gasteiger partial charge < -0.3 is 15.4 Å². The lowest BCUT2D eigenvalue weighted by molar-refractivity contribution is 0.0950. The average Bonchev–Trinajstić information content (AvgIpc) is 2.36. The van der Waals surface area contributed by atoms with Crippen molar-refractivity contribution in [2.45, 2.75) is 19.9 Å². The van der Waals surface area contributed by atoms with E-state index in [0.29, 0.717) is 12.1 Å². The minimum Gasteiger partial charge on any atom is -0.497 e. The minimum absolute atomic E-state index is 0. The number of halogens is 1. The summed E-state index contributed by atoms with van der Waals surface area (Å²) in [4.78, 5) is 11.8. The van der Waals surface area contributed by atoms with E-state index in [1.165, 1.54) is 0 Å². The van der Waals surface area contributed by atoms with E-state index in [0.717, 1.165) is 12.3 Å². The smallest absolute Gasteiger partial charge is 0.251 e. The maximum atomic E-state index is 11.8. The number of hydrogen-bond donors (Lipinski definition) is 2. The maximum absolute atomic E-state index is 11.8. The first-order chi connectivity index (χ1) is 8.17. The highest BCUT2D eigenvalue weighted by atomic mass is 35.5. The number of rotatable bonds is 6. The van der Waals surface area contributed by atoms with Gasteiger partial charge in [-0.3, -0.25) is 4.79 Å². The summed E-state index contributed by atoms with van der Waals surface area (Å²) in [5.74, 6) is 0.694. The van der Waals surface area contributed by atoms with E-state index in [-0.39, 0.29) is 24.4 Å². The summed E-state index contributed by atoms with van der Waals surface area (Å²) in [7, 11) is 1.60.